The van der Waals surface area contributed by atoms with Crippen LogP contribution in [0.4, 0.5) is 0 Å². The molecule has 1 heterocycles. The molecule has 5 nitrogen and oxygen atoms in total. The van der Waals surface area contributed by atoms with Crippen molar-refractivity contribution in [3.63, 3.8) is 0 Å². The molecular formula is C9H11N5. The molecule has 5 heteroatoms. The van der Waals surface area contributed by atoms with Crippen molar-refractivity contribution < 1.29 is 0 Å². The number of hydrogen-bond acceptors (Lipinski definition) is 4. The van der Waals surface area contributed by atoms with Crippen LogP contribution < -0.4 is 5.73 Å². The van der Waals surface area contributed by atoms with E-state index in [4.69, 9.17) is 5.73 Å². The molecular weight excluding hydrogens is 178 g/mol. The van der Waals surface area contributed by atoms with Gasteiger partial charge in [-0.2, -0.15) is 5.21 Å². The van der Waals surface area contributed by atoms with Gasteiger partial charge in [-0.05, 0) is 5.56 Å². The Morgan fingerprint density at radius 3 is 2.64 bits per heavy atom. The fraction of sp³-hybridized carbons (Fsp3) is 0.222. The van der Waals surface area contributed by atoms with E-state index in [2.05, 4.69) is 20.6 Å². The van der Waals surface area contributed by atoms with Crippen molar-refractivity contribution in [3.05, 3.63) is 41.7 Å². The second-order valence-corrected chi connectivity index (χ2v) is 2.97. The molecule has 1 aromatic heterocycles. The fourth-order valence-electron chi connectivity index (χ4n) is 1.39. The van der Waals surface area contributed by atoms with Crippen LogP contribution in [0.1, 0.15) is 17.3 Å². The molecule has 1 aromatic carbocycles. The number of aromatic amines is 1. The maximum absolute atomic E-state index is 5.67. The van der Waals surface area contributed by atoms with E-state index in [1.54, 1.807) is 0 Å². The zero-order chi connectivity index (χ0) is 9.80. The summed E-state index contributed by atoms with van der Waals surface area (Å²) in [4.78, 5) is 0. The van der Waals surface area contributed by atoms with Crippen LogP contribution in [0.2, 0.25) is 0 Å². The third kappa shape index (κ3) is 1.62. The zero-order valence-electron chi connectivity index (χ0n) is 7.59. The van der Waals surface area contributed by atoms with E-state index >= 15 is 0 Å². The van der Waals surface area contributed by atoms with E-state index in [9.17, 15) is 0 Å². The van der Waals surface area contributed by atoms with Gasteiger partial charge in [-0.25, -0.2) is 0 Å². The topological polar surface area (TPSA) is 80.5 Å². The number of nitrogens with zero attached hydrogens (tertiary/aromatic N) is 3. The Morgan fingerprint density at radius 1 is 1.29 bits per heavy atom. The molecule has 2 rings (SSSR count). The summed E-state index contributed by atoms with van der Waals surface area (Å²) in [7, 11) is 0. The van der Waals surface area contributed by atoms with Crippen LogP contribution in [-0.2, 0) is 0 Å². The average molecular weight is 189 g/mol. The van der Waals surface area contributed by atoms with Crippen molar-refractivity contribution in [2.75, 3.05) is 6.54 Å². The average Bonchev–Trinajstić information content (AvgIpc) is 2.74. The predicted octanol–water partition coefficient (Wildman–Crippen LogP) is 0.290. The first-order valence-electron chi connectivity index (χ1n) is 4.40. The molecule has 0 spiro atoms. The Labute approximate surface area is 81.3 Å². The van der Waals surface area contributed by atoms with Crippen molar-refractivity contribution in [1.82, 2.24) is 20.6 Å². The Bertz CT molecular complexity index is 369. The smallest absolute Gasteiger partial charge is 0.183 e. The number of rotatable bonds is 3. The van der Waals surface area contributed by atoms with Crippen molar-refractivity contribution in [2.24, 2.45) is 5.73 Å². The molecule has 0 amide bonds. The second-order valence-electron chi connectivity index (χ2n) is 2.97. The van der Waals surface area contributed by atoms with Crippen LogP contribution in [0.15, 0.2) is 30.3 Å². The van der Waals surface area contributed by atoms with E-state index in [-0.39, 0.29) is 5.92 Å². The van der Waals surface area contributed by atoms with Gasteiger partial charge in [0.25, 0.3) is 0 Å². The Balaban J connectivity index is 2.31. The third-order valence-corrected chi connectivity index (χ3v) is 2.11. The molecule has 2 aromatic rings. The van der Waals surface area contributed by atoms with E-state index in [0.29, 0.717) is 12.4 Å². The molecule has 0 aliphatic carbocycles. The summed E-state index contributed by atoms with van der Waals surface area (Å²) in [5, 5.41) is 13.8. The molecule has 0 saturated heterocycles. The third-order valence-electron chi connectivity index (χ3n) is 2.11. The number of tetrazole rings is 1. The number of nitrogens with one attached hydrogen (secondary N) is 1. The van der Waals surface area contributed by atoms with Crippen molar-refractivity contribution in [1.29, 1.82) is 0 Å². The van der Waals surface area contributed by atoms with Crippen LogP contribution in [0.3, 0.4) is 0 Å². The summed E-state index contributed by atoms with van der Waals surface area (Å²) < 4.78 is 0. The molecule has 0 fully saturated rings. The van der Waals surface area contributed by atoms with Crippen LogP contribution in [-0.4, -0.2) is 27.2 Å². The molecule has 0 bridgehead atoms. The van der Waals surface area contributed by atoms with Crippen LogP contribution in [0.5, 0.6) is 0 Å². The van der Waals surface area contributed by atoms with Gasteiger partial charge in [0.05, 0.1) is 5.92 Å². The summed E-state index contributed by atoms with van der Waals surface area (Å²) >= 11 is 0. The molecule has 0 unspecified atom stereocenters. The van der Waals surface area contributed by atoms with Crippen molar-refractivity contribution >= 4 is 0 Å². The fourth-order valence-corrected chi connectivity index (χ4v) is 1.39. The van der Waals surface area contributed by atoms with E-state index in [1.807, 2.05) is 30.3 Å². The maximum atomic E-state index is 5.67. The van der Waals surface area contributed by atoms with Gasteiger partial charge in [0.1, 0.15) is 0 Å². The van der Waals surface area contributed by atoms with Gasteiger partial charge in [-0.3, -0.25) is 0 Å². The standard InChI is InChI=1S/C9H11N5/c10-6-8(9-11-13-14-12-9)7-4-2-1-3-5-7/h1-5,8H,6,10H2,(H,11,12,13,14)/t8-/m0/s1. The van der Waals surface area contributed by atoms with Gasteiger partial charge in [-0.1, -0.05) is 35.5 Å². The lowest BCUT2D eigenvalue weighted by Crippen LogP contribution is -2.15. The lowest BCUT2D eigenvalue weighted by Gasteiger charge is -2.09. The monoisotopic (exact) mass is 189 g/mol. The normalized spacial score (nSPS) is 12.6. The number of benzene rings is 1. The quantitative estimate of drug-likeness (QED) is 0.727. The van der Waals surface area contributed by atoms with Crippen molar-refractivity contribution in [2.45, 2.75) is 5.92 Å². The van der Waals surface area contributed by atoms with Gasteiger partial charge in [-0.15, -0.1) is 10.2 Å². The van der Waals surface area contributed by atoms with E-state index < -0.39 is 0 Å². The molecule has 0 aliphatic rings. The molecule has 0 aliphatic heterocycles. The summed E-state index contributed by atoms with van der Waals surface area (Å²) in [6.07, 6.45) is 0. The molecule has 14 heavy (non-hydrogen) atoms. The summed E-state index contributed by atoms with van der Waals surface area (Å²) in [5.74, 6) is 0.661. The number of hydrogen-bond donors (Lipinski definition) is 2. The Morgan fingerprint density at radius 2 is 2.07 bits per heavy atom. The first-order valence-corrected chi connectivity index (χ1v) is 4.40. The first kappa shape index (κ1) is 8.83. The number of nitrogens with two attached hydrogens (primary N) is 1. The minimum absolute atomic E-state index is 0.0231. The van der Waals surface area contributed by atoms with Gasteiger partial charge in [0, 0.05) is 6.54 Å². The number of H-pyrrole nitrogens is 1. The summed E-state index contributed by atoms with van der Waals surface area (Å²) in [6.45, 7) is 0.476. The van der Waals surface area contributed by atoms with Gasteiger partial charge < -0.3 is 5.73 Å². The maximum Gasteiger partial charge on any atom is 0.183 e. The molecule has 0 radical (unpaired) electrons. The highest BCUT2D eigenvalue weighted by atomic mass is 15.5. The minimum atomic E-state index is 0.0231. The van der Waals surface area contributed by atoms with Gasteiger partial charge in [0.15, 0.2) is 5.82 Å². The van der Waals surface area contributed by atoms with Gasteiger partial charge in [0.2, 0.25) is 0 Å². The van der Waals surface area contributed by atoms with E-state index in [1.165, 1.54) is 0 Å². The number of aromatic nitrogens is 4. The highest BCUT2D eigenvalue weighted by Gasteiger charge is 2.15. The predicted molar refractivity (Wildman–Crippen MR) is 51.5 cm³/mol. The molecule has 72 valence electrons. The highest BCUT2D eigenvalue weighted by molar-refractivity contribution is 5.24. The second kappa shape index (κ2) is 3.97. The molecule has 1 atom stereocenters. The Hall–Kier alpha value is -1.75. The van der Waals surface area contributed by atoms with Crippen LogP contribution >= 0.6 is 0 Å². The molecule has 0 saturated carbocycles. The van der Waals surface area contributed by atoms with Crippen molar-refractivity contribution in [3.8, 4) is 0 Å². The Kier molecular flexibility index (Phi) is 2.51. The highest BCUT2D eigenvalue weighted by Crippen LogP contribution is 2.18. The van der Waals surface area contributed by atoms with Crippen LogP contribution in [0.25, 0.3) is 0 Å². The first-order chi connectivity index (χ1) is 6.92. The summed E-state index contributed by atoms with van der Waals surface area (Å²) in [6, 6.07) is 9.92. The SMILES string of the molecule is NC[C@@H](c1ccccc1)c1nn[nH]n1. The summed E-state index contributed by atoms with van der Waals surface area (Å²) in [5.41, 5.74) is 6.78. The van der Waals surface area contributed by atoms with Gasteiger partial charge >= 0.3 is 0 Å². The zero-order valence-corrected chi connectivity index (χ0v) is 7.59. The molecule has 3 N–H and O–H groups in total. The lowest BCUT2D eigenvalue weighted by molar-refractivity contribution is 0.753. The van der Waals surface area contributed by atoms with Crippen LogP contribution in [0, 0.1) is 0 Å². The largest absolute Gasteiger partial charge is 0.329 e. The minimum Gasteiger partial charge on any atom is -0.329 e. The van der Waals surface area contributed by atoms with E-state index in [0.717, 1.165) is 5.56 Å². The lowest BCUT2D eigenvalue weighted by atomic mass is 9.99.